The lowest BCUT2D eigenvalue weighted by Crippen LogP contribution is -2.45. The molecule has 21 nitrogen and oxygen atoms in total. The van der Waals surface area contributed by atoms with E-state index in [0.29, 0.717) is 23.6 Å². The standard InChI is InChI=1S/C31H34F6N4O7.C31H34F6N4O5.C5H10O.CH4/c1-8-9-15-29(31(35,36)37,45-17-18-13-11-10-12-14-18)24-40-39-23(46-24)21-20(16-19(22(42)38-21)30(32,33)34)41(25(43)47-27(2,3)4)26(44)48-28(5,6)7;1-7-9-16-29(31(35,36)37,43-18-20-14-11-10-12-15-20)26-41-40-25(45-26)23-22(38-27(42)46-28(4,5)6)17-21(30(32,33)34)24(39-23)44-19(3)13-8-2;1-3-4-5(2)6;/h8,10-14,16H,1,9,15,17H2,2-7H3,(H,38,42);7-8,10-12,14-15,17,19H,1-2,9,13,16,18H2,3-6H3,(H,38,42);3,5-6H,1,4H2,2H3;1H4/t;19-,29?;5-;/m.11./s1. The summed E-state index contributed by atoms with van der Waals surface area (Å²) in [6.07, 6.45) is -21.6. The monoisotopic (exact) mass is 1450 g/mol. The second kappa shape index (κ2) is 35.3. The highest BCUT2D eigenvalue weighted by Crippen LogP contribution is 2.49. The summed E-state index contributed by atoms with van der Waals surface area (Å²) in [6.45, 7) is 28.9. The Bertz CT molecular complexity index is 3750. The number of ether oxygens (including phenoxy) is 6. The SMILES string of the molecule is C.C=CCCC(OCc1ccccc1)(c1nnc(-c2[nH]c(=O)c(C(F)(F)F)cc2N(C(=O)OC(C)(C)C)C(=O)OC(C)(C)C)o1)C(F)(F)F.C=CCCC(OCc1ccccc1)(c1nnc(-c2nc(O[C@H](C)CC=C)c(C(F)(F)F)cc2NC(=O)OC(C)(C)C)o1)C(F)(F)F.C=CC[C@@H](C)O. The first-order valence-corrected chi connectivity index (χ1v) is 30.3. The molecule has 0 fully saturated rings. The molecule has 0 bridgehead atoms. The molecule has 0 spiro atoms. The number of amides is 3. The van der Waals surface area contributed by atoms with Gasteiger partial charge in [0, 0.05) is 6.42 Å². The Morgan fingerprint density at radius 2 is 1.03 bits per heavy atom. The predicted octanol–water partition coefficient (Wildman–Crippen LogP) is 18.4. The van der Waals surface area contributed by atoms with Crippen molar-refractivity contribution in [3.05, 3.63) is 168 Å². The Morgan fingerprint density at radius 3 is 1.41 bits per heavy atom. The highest BCUT2D eigenvalue weighted by Gasteiger charge is 2.62. The molecule has 4 aromatic heterocycles. The van der Waals surface area contributed by atoms with Gasteiger partial charge in [0.1, 0.15) is 39.7 Å². The van der Waals surface area contributed by atoms with E-state index in [0.717, 1.165) is 0 Å². The summed E-state index contributed by atoms with van der Waals surface area (Å²) in [5, 5.41) is 25.0. The third-order valence-corrected chi connectivity index (χ3v) is 12.9. The molecule has 2 unspecified atom stereocenters. The van der Waals surface area contributed by atoms with Crippen LogP contribution in [0.5, 0.6) is 5.88 Å². The molecular weight excluding hydrogens is 1360 g/mol. The first-order chi connectivity index (χ1) is 46.2. The zero-order valence-corrected chi connectivity index (χ0v) is 56.4. The van der Waals surface area contributed by atoms with Crippen molar-refractivity contribution >= 4 is 29.7 Å². The number of alkyl halides is 12. The highest BCUT2D eigenvalue weighted by molar-refractivity contribution is 6.11. The van der Waals surface area contributed by atoms with Gasteiger partial charge in [0.2, 0.25) is 17.1 Å². The van der Waals surface area contributed by atoms with Gasteiger partial charge in [-0.3, -0.25) is 10.1 Å². The topological polar surface area (TPSA) is 266 Å². The van der Waals surface area contributed by atoms with Crippen LogP contribution in [0.3, 0.4) is 0 Å². The number of aromatic amines is 1. The normalized spacial score (nSPS) is 13.9. The number of aliphatic hydroxyl groups is 1. The van der Waals surface area contributed by atoms with Crippen molar-refractivity contribution in [1.82, 2.24) is 30.4 Å². The summed E-state index contributed by atoms with van der Waals surface area (Å²) in [4.78, 5) is 57.7. The Balaban J connectivity index is 0.000000481. The van der Waals surface area contributed by atoms with E-state index in [4.69, 9.17) is 42.4 Å². The summed E-state index contributed by atoms with van der Waals surface area (Å²) in [7, 11) is 0. The summed E-state index contributed by atoms with van der Waals surface area (Å²) in [6, 6.07) is 16.5. The number of aliphatic hydroxyl groups excluding tert-OH is 1. The molecule has 4 atom stereocenters. The van der Waals surface area contributed by atoms with Crippen LogP contribution < -0.4 is 20.5 Å². The Kier molecular flexibility index (Phi) is 30.0. The fraction of sp³-hybridized carbons (Fsp3) is 0.456. The van der Waals surface area contributed by atoms with Crippen molar-refractivity contribution in [1.29, 1.82) is 0 Å². The molecule has 0 saturated carbocycles. The number of rotatable bonds is 24. The maximum absolute atomic E-state index is 14.9. The van der Waals surface area contributed by atoms with Gasteiger partial charge in [-0.2, -0.15) is 57.6 Å². The molecule has 3 amide bonds. The maximum atomic E-state index is 14.9. The molecule has 4 heterocycles. The minimum Gasteiger partial charge on any atom is -0.474 e. The maximum Gasteiger partial charge on any atom is 0.426 e. The number of carbonyl (C=O) groups is 3. The van der Waals surface area contributed by atoms with E-state index in [1.165, 1.54) is 99.6 Å². The van der Waals surface area contributed by atoms with E-state index in [1.807, 2.05) is 4.98 Å². The van der Waals surface area contributed by atoms with Crippen molar-refractivity contribution in [3.8, 4) is 29.0 Å². The van der Waals surface area contributed by atoms with Gasteiger partial charge in [0.25, 0.3) is 29.1 Å². The molecule has 6 aromatic rings. The number of nitrogens with zero attached hydrogens (tertiary/aromatic N) is 6. The Hall–Kier alpha value is -9.37. The second-order valence-electron chi connectivity index (χ2n) is 24.9. The van der Waals surface area contributed by atoms with Crippen LogP contribution in [0.2, 0.25) is 0 Å². The van der Waals surface area contributed by atoms with E-state index in [9.17, 15) is 71.9 Å². The molecule has 0 saturated heterocycles. The second-order valence-corrected chi connectivity index (χ2v) is 24.9. The summed E-state index contributed by atoms with van der Waals surface area (Å²) in [5.74, 6) is -4.93. The van der Waals surface area contributed by atoms with Crippen LogP contribution in [-0.4, -0.2) is 95.1 Å². The van der Waals surface area contributed by atoms with Crippen LogP contribution >= 0.6 is 0 Å². The van der Waals surface area contributed by atoms with Gasteiger partial charge < -0.3 is 47.3 Å². The highest BCUT2D eigenvalue weighted by atomic mass is 19.4. The summed E-state index contributed by atoms with van der Waals surface area (Å²) < 4.78 is 216. The van der Waals surface area contributed by atoms with Crippen molar-refractivity contribution in [3.63, 3.8) is 0 Å². The van der Waals surface area contributed by atoms with Crippen LogP contribution in [0.15, 0.2) is 137 Å². The van der Waals surface area contributed by atoms with E-state index < -0.39 is 172 Å². The van der Waals surface area contributed by atoms with E-state index in [-0.39, 0.29) is 43.8 Å². The van der Waals surface area contributed by atoms with Gasteiger partial charge in [-0.25, -0.2) is 19.4 Å². The number of H-pyrrole nitrogens is 1. The average molecular weight is 1450 g/mol. The molecule has 0 aliphatic carbocycles. The summed E-state index contributed by atoms with van der Waals surface area (Å²) >= 11 is 0. The number of allylic oxidation sites excluding steroid dienone is 2. The third-order valence-electron chi connectivity index (χ3n) is 12.9. The number of hydrogen-bond donors (Lipinski definition) is 3. The van der Waals surface area contributed by atoms with Crippen molar-refractivity contribution < 1.29 is 109 Å². The van der Waals surface area contributed by atoms with Gasteiger partial charge in [-0.05, 0) is 132 Å². The smallest absolute Gasteiger partial charge is 0.426 e. The minimum absolute atomic E-state index is 0. The number of nitrogens with one attached hydrogen (secondary N) is 2. The zero-order valence-electron chi connectivity index (χ0n) is 56.4. The lowest BCUT2D eigenvalue weighted by Gasteiger charge is -2.32. The van der Waals surface area contributed by atoms with Crippen LogP contribution in [0, 0.1) is 0 Å². The number of carbonyl (C=O) groups excluding carboxylic acids is 3. The average Bonchev–Trinajstić information content (AvgIpc) is 1.69. The molecule has 0 radical (unpaired) electrons. The predicted molar refractivity (Wildman–Crippen MR) is 348 cm³/mol. The van der Waals surface area contributed by atoms with Gasteiger partial charge in [-0.15, -0.1) is 46.7 Å². The van der Waals surface area contributed by atoms with Gasteiger partial charge in [0.15, 0.2) is 5.69 Å². The number of imide groups is 1. The molecular formula is C68H82F12N8O13. The van der Waals surface area contributed by atoms with E-state index in [2.05, 4.69) is 57.0 Å². The zero-order chi connectivity index (χ0) is 75.6. The number of hydrogen-bond acceptors (Lipinski definition) is 18. The number of halogens is 12. The van der Waals surface area contributed by atoms with Crippen molar-refractivity contribution in [2.75, 3.05) is 10.2 Å². The van der Waals surface area contributed by atoms with Crippen LogP contribution in [-0.2, 0) is 60.5 Å². The minimum atomic E-state index is -5.32. The van der Waals surface area contributed by atoms with Crippen LogP contribution in [0.1, 0.15) is 156 Å². The molecule has 3 N–H and O–H groups in total. The third kappa shape index (κ3) is 24.7. The number of aromatic nitrogens is 6. The van der Waals surface area contributed by atoms with E-state index in [1.54, 1.807) is 61.5 Å². The quantitative estimate of drug-likeness (QED) is 0.0289. The molecule has 556 valence electrons. The number of anilines is 2. The molecule has 6 rings (SSSR count). The largest absolute Gasteiger partial charge is 0.474 e. The molecule has 2 aromatic carbocycles. The van der Waals surface area contributed by atoms with Crippen molar-refractivity contribution in [2.24, 2.45) is 0 Å². The van der Waals surface area contributed by atoms with Crippen molar-refractivity contribution in [2.45, 2.75) is 200 Å². The van der Waals surface area contributed by atoms with Gasteiger partial charge in [0.05, 0.1) is 30.7 Å². The number of benzene rings is 2. The van der Waals surface area contributed by atoms with E-state index >= 15 is 0 Å². The first-order valence-electron chi connectivity index (χ1n) is 30.3. The first kappa shape index (κ1) is 85.9. The summed E-state index contributed by atoms with van der Waals surface area (Å²) in [5.41, 5.74) is -17.6. The fourth-order valence-corrected chi connectivity index (χ4v) is 8.44. The molecule has 0 aliphatic heterocycles. The Labute approximate surface area is 575 Å². The number of pyridine rings is 2. The van der Waals surface area contributed by atoms with Gasteiger partial charge in [-0.1, -0.05) is 92.4 Å². The molecule has 0 aliphatic rings. The molecule has 101 heavy (non-hydrogen) atoms. The van der Waals surface area contributed by atoms with Crippen LogP contribution in [0.25, 0.3) is 23.2 Å². The Morgan fingerprint density at radius 1 is 0.604 bits per heavy atom. The fourth-order valence-electron chi connectivity index (χ4n) is 8.44. The molecule has 33 heteroatoms. The van der Waals surface area contributed by atoms with Gasteiger partial charge >= 0.3 is 43.0 Å². The lowest BCUT2D eigenvalue weighted by atomic mass is 9.96. The lowest BCUT2D eigenvalue weighted by molar-refractivity contribution is -0.299. The van der Waals surface area contributed by atoms with Crippen LogP contribution in [0.4, 0.5) is 78.4 Å².